The van der Waals surface area contributed by atoms with Gasteiger partial charge in [0.2, 0.25) is 5.16 Å². The third-order valence-electron chi connectivity index (χ3n) is 4.21. The number of aromatic nitrogens is 6. The van der Waals surface area contributed by atoms with Crippen LogP contribution in [-0.4, -0.2) is 36.8 Å². The largest absolute Gasteiger partial charge is 0.497 e. The van der Waals surface area contributed by atoms with Gasteiger partial charge < -0.3 is 4.74 Å². The Hall–Kier alpha value is -3.33. The van der Waals surface area contributed by atoms with E-state index in [2.05, 4.69) is 25.1 Å². The Balaban J connectivity index is 1.83. The molecule has 0 N–H and O–H groups in total. The van der Waals surface area contributed by atoms with Crippen LogP contribution in [0, 0.1) is 5.82 Å². The number of hydrogen-bond acceptors (Lipinski definition) is 7. The van der Waals surface area contributed by atoms with Crippen molar-refractivity contribution < 1.29 is 9.13 Å². The molecule has 7 nitrogen and oxygen atoms in total. The Morgan fingerprint density at radius 3 is 2.55 bits per heavy atom. The van der Waals surface area contributed by atoms with Crippen LogP contribution in [0.2, 0.25) is 0 Å². The molecule has 3 aromatic heterocycles. The fourth-order valence-electron chi connectivity index (χ4n) is 2.75. The van der Waals surface area contributed by atoms with Crippen LogP contribution in [0.3, 0.4) is 0 Å². The maximum atomic E-state index is 14.7. The molecule has 0 amide bonds. The molecule has 4 aromatic rings. The van der Waals surface area contributed by atoms with Crippen LogP contribution in [0.1, 0.15) is 12.6 Å². The van der Waals surface area contributed by atoms with Gasteiger partial charge in [-0.15, -0.1) is 10.2 Å². The second kappa shape index (κ2) is 8.36. The minimum atomic E-state index is -0.441. The third-order valence-corrected chi connectivity index (χ3v) is 5.14. The highest BCUT2D eigenvalue weighted by molar-refractivity contribution is 7.99. The van der Waals surface area contributed by atoms with Gasteiger partial charge in [0.15, 0.2) is 11.6 Å². The van der Waals surface area contributed by atoms with Crippen LogP contribution in [-0.2, 0) is 6.42 Å². The summed E-state index contributed by atoms with van der Waals surface area (Å²) in [7, 11) is 1.61. The van der Waals surface area contributed by atoms with E-state index in [9.17, 15) is 4.39 Å². The van der Waals surface area contributed by atoms with Gasteiger partial charge in [0.25, 0.3) is 0 Å². The van der Waals surface area contributed by atoms with E-state index in [1.807, 2.05) is 54.0 Å². The molecule has 0 bridgehead atoms. The van der Waals surface area contributed by atoms with Gasteiger partial charge in [-0.1, -0.05) is 13.0 Å². The Kier molecular flexibility index (Phi) is 5.48. The van der Waals surface area contributed by atoms with Crippen LogP contribution >= 0.6 is 11.8 Å². The number of hydrogen-bond donors (Lipinski definition) is 0. The molecule has 1 aromatic carbocycles. The van der Waals surface area contributed by atoms with Gasteiger partial charge >= 0.3 is 0 Å². The summed E-state index contributed by atoms with van der Waals surface area (Å²) in [5.74, 6) is 0.831. The smallest absolute Gasteiger partial charge is 0.202 e. The van der Waals surface area contributed by atoms with Gasteiger partial charge in [0, 0.05) is 6.20 Å². The SMILES string of the molecule is CCc1ncnc(Sc2nnc(-c3ccccn3)n2-c2ccc(OC)cc2)c1F. The van der Waals surface area contributed by atoms with Crippen molar-refractivity contribution in [1.82, 2.24) is 29.7 Å². The molecular formula is C20H17FN6OS. The highest BCUT2D eigenvalue weighted by Gasteiger charge is 2.20. The highest BCUT2D eigenvalue weighted by atomic mass is 32.2. The molecule has 9 heteroatoms. The first-order valence-electron chi connectivity index (χ1n) is 8.89. The fraction of sp³-hybridized carbons (Fsp3) is 0.150. The first-order valence-corrected chi connectivity index (χ1v) is 9.71. The van der Waals surface area contributed by atoms with Gasteiger partial charge in [-0.2, -0.15) is 0 Å². The molecule has 0 unspecified atom stereocenters. The average Bonchev–Trinajstić information content (AvgIpc) is 3.19. The lowest BCUT2D eigenvalue weighted by Crippen LogP contribution is -2.02. The maximum Gasteiger partial charge on any atom is 0.202 e. The van der Waals surface area contributed by atoms with E-state index in [0.717, 1.165) is 23.2 Å². The number of pyridine rings is 1. The van der Waals surface area contributed by atoms with Crippen molar-refractivity contribution in [2.75, 3.05) is 7.11 Å². The Bertz CT molecular complexity index is 1120. The van der Waals surface area contributed by atoms with Crippen molar-refractivity contribution in [3.63, 3.8) is 0 Å². The molecule has 0 spiro atoms. The fourth-order valence-corrected chi connectivity index (χ4v) is 3.60. The molecule has 0 saturated carbocycles. The van der Waals surface area contributed by atoms with E-state index in [0.29, 0.717) is 28.8 Å². The second-order valence-corrected chi connectivity index (χ2v) is 6.91. The van der Waals surface area contributed by atoms with Gasteiger partial charge in [-0.05, 0) is 54.6 Å². The molecule has 0 radical (unpaired) electrons. The predicted octanol–water partition coefficient (Wildman–Crippen LogP) is 3.98. The number of ether oxygens (including phenoxy) is 1. The lowest BCUT2D eigenvalue weighted by molar-refractivity contribution is 0.414. The number of halogens is 1. The predicted molar refractivity (Wildman–Crippen MR) is 107 cm³/mol. The zero-order valence-corrected chi connectivity index (χ0v) is 16.6. The van der Waals surface area contributed by atoms with E-state index in [-0.39, 0.29) is 5.03 Å². The molecule has 0 fully saturated rings. The molecule has 0 aliphatic heterocycles. The summed E-state index contributed by atoms with van der Waals surface area (Å²) < 4.78 is 21.8. The van der Waals surface area contributed by atoms with Crippen molar-refractivity contribution in [1.29, 1.82) is 0 Å². The van der Waals surface area contributed by atoms with Crippen molar-refractivity contribution in [3.05, 3.63) is 66.5 Å². The molecule has 0 aliphatic carbocycles. The van der Waals surface area contributed by atoms with Gasteiger partial charge in [0.05, 0.1) is 18.5 Å². The number of benzene rings is 1. The maximum absolute atomic E-state index is 14.7. The van der Waals surface area contributed by atoms with Crippen LogP contribution < -0.4 is 4.74 Å². The van der Waals surface area contributed by atoms with E-state index in [4.69, 9.17) is 4.74 Å². The van der Waals surface area contributed by atoms with Crippen molar-refractivity contribution >= 4 is 11.8 Å². The summed E-state index contributed by atoms with van der Waals surface area (Å²) in [6.07, 6.45) is 3.52. The van der Waals surface area contributed by atoms with Crippen LogP contribution in [0.5, 0.6) is 5.75 Å². The summed E-state index contributed by atoms with van der Waals surface area (Å²) in [6.45, 7) is 1.85. The van der Waals surface area contributed by atoms with Crippen molar-refractivity contribution in [2.24, 2.45) is 0 Å². The number of methoxy groups -OCH3 is 1. The van der Waals surface area contributed by atoms with Crippen LogP contribution in [0.15, 0.2) is 65.2 Å². The Morgan fingerprint density at radius 2 is 1.86 bits per heavy atom. The highest BCUT2D eigenvalue weighted by Crippen LogP contribution is 2.32. The molecule has 4 rings (SSSR count). The topological polar surface area (TPSA) is 78.6 Å². The van der Waals surface area contributed by atoms with E-state index >= 15 is 0 Å². The molecule has 0 saturated heterocycles. The average molecular weight is 408 g/mol. The van der Waals surface area contributed by atoms with E-state index in [1.54, 1.807) is 13.3 Å². The first-order chi connectivity index (χ1) is 14.2. The molecule has 146 valence electrons. The van der Waals surface area contributed by atoms with Crippen LogP contribution in [0.4, 0.5) is 4.39 Å². The molecule has 0 atom stereocenters. The molecular weight excluding hydrogens is 391 g/mol. The molecule has 0 aliphatic rings. The quantitative estimate of drug-likeness (QED) is 0.447. The standard InChI is InChI=1S/C20H17FN6OS/c1-3-15-17(21)19(24-12-23-15)29-20-26-25-18(16-6-4-5-11-22-16)27(20)13-7-9-14(28-2)10-8-13/h4-12H,3H2,1-2H3. The summed E-state index contributed by atoms with van der Waals surface area (Å²) in [4.78, 5) is 12.4. The Morgan fingerprint density at radius 1 is 1.03 bits per heavy atom. The number of nitrogens with zero attached hydrogens (tertiary/aromatic N) is 6. The van der Waals surface area contributed by atoms with E-state index in [1.165, 1.54) is 6.33 Å². The number of aryl methyl sites for hydroxylation is 1. The Labute approximate surface area is 171 Å². The number of rotatable bonds is 6. The van der Waals surface area contributed by atoms with Crippen molar-refractivity contribution in [2.45, 2.75) is 23.5 Å². The van der Waals surface area contributed by atoms with Gasteiger partial charge in [-0.3, -0.25) is 9.55 Å². The molecule has 29 heavy (non-hydrogen) atoms. The minimum absolute atomic E-state index is 0.201. The normalized spacial score (nSPS) is 10.9. The minimum Gasteiger partial charge on any atom is -0.497 e. The van der Waals surface area contributed by atoms with Gasteiger partial charge in [0.1, 0.15) is 22.8 Å². The summed E-state index contributed by atoms with van der Waals surface area (Å²) in [5.41, 5.74) is 1.81. The van der Waals surface area contributed by atoms with Crippen molar-refractivity contribution in [3.8, 4) is 23.0 Å². The van der Waals surface area contributed by atoms with Crippen LogP contribution in [0.25, 0.3) is 17.2 Å². The third kappa shape index (κ3) is 3.81. The summed E-state index contributed by atoms with van der Waals surface area (Å²) in [5, 5.41) is 9.26. The molecule has 3 heterocycles. The lowest BCUT2D eigenvalue weighted by Gasteiger charge is -2.11. The summed E-state index contributed by atoms with van der Waals surface area (Å²) >= 11 is 1.09. The zero-order valence-electron chi connectivity index (χ0n) is 15.8. The monoisotopic (exact) mass is 408 g/mol. The first kappa shape index (κ1) is 19.0. The second-order valence-electron chi connectivity index (χ2n) is 5.95. The van der Waals surface area contributed by atoms with E-state index < -0.39 is 5.82 Å². The van der Waals surface area contributed by atoms with Gasteiger partial charge in [-0.25, -0.2) is 14.4 Å². The lowest BCUT2D eigenvalue weighted by atomic mass is 10.3. The summed E-state index contributed by atoms with van der Waals surface area (Å²) in [6, 6.07) is 13.0. The zero-order chi connectivity index (χ0) is 20.2.